The molecule has 20 heavy (non-hydrogen) atoms. The van der Waals surface area contributed by atoms with Crippen molar-refractivity contribution in [3.05, 3.63) is 41.4 Å². The van der Waals surface area contributed by atoms with Crippen molar-refractivity contribution >= 4 is 11.6 Å². The zero-order valence-electron chi connectivity index (χ0n) is 11.3. The van der Waals surface area contributed by atoms with Gasteiger partial charge in [0.25, 0.3) is 0 Å². The first-order valence-electron chi connectivity index (χ1n) is 6.73. The van der Waals surface area contributed by atoms with Crippen LogP contribution in [0.3, 0.4) is 0 Å². The van der Waals surface area contributed by atoms with E-state index in [1.165, 1.54) is 0 Å². The van der Waals surface area contributed by atoms with Gasteiger partial charge in [0.05, 0.1) is 18.3 Å². The molecular weight excluding hydrogens is 276 g/mol. The first kappa shape index (κ1) is 13.6. The smallest absolute Gasteiger partial charge is 0.209 e. The van der Waals surface area contributed by atoms with Crippen molar-refractivity contribution in [1.29, 1.82) is 0 Å². The second-order valence-electron chi connectivity index (χ2n) is 5.35. The Labute approximate surface area is 123 Å². The van der Waals surface area contributed by atoms with E-state index in [0.717, 1.165) is 12.0 Å². The fourth-order valence-corrected chi connectivity index (χ4v) is 2.66. The number of likely N-dealkylation sites (tertiary alicyclic amines) is 1. The van der Waals surface area contributed by atoms with E-state index in [9.17, 15) is 5.11 Å². The summed E-state index contributed by atoms with van der Waals surface area (Å²) in [5.74, 6) is 1.38. The molecule has 0 amide bonds. The van der Waals surface area contributed by atoms with Crippen molar-refractivity contribution < 1.29 is 9.52 Å². The maximum atomic E-state index is 9.97. The van der Waals surface area contributed by atoms with Crippen molar-refractivity contribution in [2.24, 2.45) is 0 Å². The Morgan fingerprint density at radius 3 is 2.95 bits per heavy atom. The van der Waals surface area contributed by atoms with Gasteiger partial charge in [-0.05, 0) is 18.6 Å². The van der Waals surface area contributed by atoms with Gasteiger partial charge in [0, 0.05) is 23.7 Å². The zero-order valence-corrected chi connectivity index (χ0v) is 12.1. The molecule has 106 valence electrons. The lowest BCUT2D eigenvalue weighted by molar-refractivity contribution is -0.105. The standard InChI is InChI=1S/C15H17ClN2O2/c1-2-15(19)9-18(10-15)8-14-17-7-13(20-14)11-4-3-5-12(16)6-11/h3-7,19H,2,8-10H2,1H3. The van der Waals surface area contributed by atoms with Crippen LogP contribution in [0.1, 0.15) is 19.2 Å². The van der Waals surface area contributed by atoms with Crippen molar-refractivity contribution in [3.63, 3.8) is 0 Å². The monoisotopic (exact) mass is 292 g/mol. The third-order valence-corrected chi connectivity index (χ3v) is 3.95. The summed E-state index contributed by atoms with van der Waals surface area (Å²) in [6.07, 6.45) is 2.50. The van der Waals surface area contributed by atoms with Crippen LogP contribution in [-0.2, 0) is 6.54 Å². The summed E-state index contributed by atoms with van der Waals surface area (Å²) in [6.45, 7) is 3.99. The number of benzene rings is 1. The summed E-state index contributed by atoms with van der Waals surface area (Å²) in [5, 5.41) is 10.7. The van der Waals surface area contributed by atoms with E-state index < -0.39 is 5.60 Å². The molecule has 0 spiro atoms. The van der Waals surface area contributed by atoms with Crippen LogP contribution in [-0.4, -0.2) is 33.7 Å². The van der Waals surface area contributed by atoms with E-state index >= 15 is 0 Å². The summed E-state index contributed by atoms with van der Waals surface area (Å²) < 4.78 is 5.74. The largest absolute Gasteiger partial charge is 0.439 e. The summed E-state index contributed by atoms with van der Waals surface area (Å²) in [5.41, 5.74) is 0.396. The third-order valence-electron chi connectivity index (χ3n) is 3.72. The van der Waals surface area contributed by atoms with Crippen molar-refractivity contribution in [2.45, 2.75) is 25.5 Å². The molecule has 5 heteroatoms. The first-order valence-corrected chi connectivity index (χ1v) is 7.11. The van der Waals surface area contributed by atoms with Crippen LogP contribution in [0.25, 0.3) is 11.3 Å². The second-order valence-corrected chi connectivity index (χ2v) is 5.79. The van der Waals surface area contributed by atoms with Crippen LogP contribution in [0.2, 0.25) is 5.02 Å². The molecule has 4 nitrogen and oxygen atoms in total. The van der Waals surface area contributed by atoms with E-state index in [-0.39, 0.29) is 0 Å². The van der Waals surface area contributed by atoms with Gasteiger partial charge in [0.1, 0.15) is 0 Å². The molecular formula is C15H17ClN2O2. The van der Waals surface area contributed by atoms with E-state index in [4.69, 9.17) is 16.0 Å². The SMILES string of the molecule is CCC1(O)CN(Cc2ncc(-c3cccc(Cl)c3)o2)C1. The Balaban J connectivity index is 1.66. The molecule has 0 aliphatic carbocycles. The maximum absolute atomic E-state index is 9.97. The molecule has 0 unspecified atom stereocenters. The predicted molar refractivity (Wildman–Crippen MR) is 77.5 cm³/mol. The van der Waals surface area contributed by atoms with Gasteiger partial charge in [-0.3, -0.25) is 4.90 Å². The topological polar surface area (TPSA) is 49.5 Å². The van der Waals surface area contributed by atoms with Crippen LogP contribution in [0.5, 0.6) is 0 Å². The number of nitrogens with zero attached hydrogens (tertiary/aromatic N) is 2. The molecule has 1 aliphatic rings. The van der Waals surface area contributed by atoms with E-state index in [1.807, 2.05) is 31.2 Å². The molecule has 3 rings (SSSR count). The molecule has 0 radical (unpaired) electrons. The minimum atomic E-state index is -0.525. The van der Waals surface area contributed by atoms with Crippen molar-refractivity contribution in [2.75, 3.05) is 13.1 Å². The Hall–Kier alpha value is -1.36. The molecule has 1 aromatic heterocycles. The lowest BCUT2D eigenvalue weighted by Crippen LogP contribution is -2.60. The highest BCUT2D eigenvalue weighted by Crippen LogP contribution is 2.27. The van der Waals surface area contributed by atoms with Gasteiger partial charge in [-0.2, -0.15) is 0 Å². The van der Waals surface area contributed by atoms with Crippen LogP contribution in [0, 0.1) is 0 Å². The van der Waals surface area contributed by atoms with Crippen LogP contribution in [0.15, 0.2) is 34.9 Å². The number of oxazole rings is 1. The summed E-state index contributed by atoms with van der Waals surface area (Å²) in [4.78, 5) is 6.41. The quantitative estimate of drug-likeness (QED) is 0.941. The molecule has 0 saturated carbocycles. The highest BCUT2D eigenvalue weighted by molar-refractivity contribution is 6.30. The average Bonchev–Trinajstić information content (AvgIpc) is 2.85. The fourth-order valence-electron chi connectivity index (χ4n) is 2.47. The fraction of sp³-hybridized carbons (Fsp3) is 0.400. The van der Waals surface area contributed by atoms with Gasteiger partial charge < -0.3 is 9.52 Å². The highest BCUT2D eigenvalue weighted by Gasteiger charge is 2.39. The molecule has 1 fully saturated rings. The van der Waals surface area contributed by atoms with Crippen molar-refractivity contribution in [3.8, 4) is 11.3 Å². The van der Waals surface area contributed by atoms with Gasteiger partial charge in [-0.1, -0.05) is 30.7 Å². The summed E-state index contributed by atoms with van der Waals surface area (Å²) >= 11 is 5.97. The number of rotatable bonds is 4. The molecule has 1 saturated heterocycles. The van der Waals surface area contributed by atoms with Crippen LogP contribution < -0.4 is 0 Å². The first-order chi connectivity index (χ1) is 9.58. The molecule has 1 aliphatic heterocycles. The van der Waals surface area contributed by atoms with Crippen LogP contribution >= 0.6 is 11.6 Å². The number of hydrogen-bond donors (Lipinski definition) is 1. The second kappa shape index (κ2) is 5.20. The van der Waals surface area contributed by atoms with Gasteiger partial charge in [0.2, 0.25) is 5.89 Å². The molecule has 0 bridgehead atoms. The van der Waals surface area contributed by atoms with E-state index in [1.54, 1.807) is 6.20 Å². The lowest BCUT2D eigenvalue weighted by Gasteiger charge is -2.45. The Morgan fingerprint density at radius 1 is 1.45 bits per heavy atom. The molecule has 1 N–H and O–H groups in total. The lowest BCUT2D eigenvalue weighted by atomic mass is 9.91. The number of aromatic nitrogens is 1. The number of hydrogen-bond acceptors (Lipinski definition) is 4. The maximum Gasteiger partial charge on any atom is 0.209 e. The minimum absolute atomic E-state index is 0.525. The number of halogens is 1. The molecule has 2 aromatic rings. The highest BCUT2D eigenvalue weighted by atomic mass is 35.5. The van der Waals surface area contributed by atoms with Gasteiger partial charge in [0.15, 0.2) is 5.76 Å². The molecule has 1 aromatic carbocycles. The number of β-amino-alcohol motifs (C(OH)–C–C–N with tert-alkyl or cyclic N) is 1. The van der Waals surface area contributed by atoms with Gasteiger partial charge >= 0.3 is 0 Å². The summed E-state index contributed by atoms with van der Waals surface area (Å²) in [6, 6.07) is 7.51. The zero-order chi connectivity index (χ0) is 14.2. The Morgan fingerprint density at radius 2 is 2.25 bits per heavy atom. The van der Waals surface area contributed by atoms with E-state index in [2.05, 4.69) is 9.88 Å². The van der Waals surface area contributed by atoms with Crippen LogP contribution in [0.4, 0.5) is 0 Å². The Bertz CT molecular complexity index is 605. The van der Waals surface area contributed by atoms with E-state index in [0.29, 0.717) is 36.3 Å². The molecule has 0 atom stereocenters. The van der Waals surface area contributed by atoms with Gasteiger partial charge in [-0.15, -0.1) is 0 Å². The normalized spacial score (nSPS) is 17.9. The summed E-state index contributed by atoms with van der Waals surface area (Å²) in [7, 11) is 0. The van der Waals surface area contributed by atoms with Gasteiger partial charge in [-0.25, -0.2) is 4.98 Å². The molecule has 2 heterocycles. The average molecular weight is 293 g/mol. The van der Waals surface area contributed by atoms with Crippen molar-refractivity contribution in [1.82, 2.24) is 9.88 Å². The predicted octanol–water partition coefficient (Wildman–Crippen LogP) is 2.95. The number of aliphatic hydroxyl groups is 1. The minimum Gasteiger partial charge on any atom is -0.439 e. The third kappa shape index (κ3) is 2.73. The Kier molecular flexibility index (Phi) is 3.54.